The van der Waals surface area contributed by atoms with Gasteiger partial charge in [0.05, 0.1) is 3.79 Å². The average molecular weight is 341 g/mol. The SMILES string of the molecule is CC(C)(C(=O)Cc1ccc(Br)s1)c1ccc(F)cc1. The second-order valence-electron chi connectivity index (χ2n) is 4.94. The molecule has 0 aliphatic rings. The van der Waals surface area contributed by atoms with Gasteiger partial charge in [0.2, 0.25) is 0 Å². The molecule has 1 aromatic heterocycles. The summed E-state index contributed by atoms with van der Waals surface area (Å²) in [6.45, 7) is 3.76. The van der Waals surface area contributed by atoms with Crippen LogP contribution in [-0.2, 0) is 16.6 Å². The van der Waals surface area contributed by atoms with Gasteiger partial charge in [-0.2, -0.15) is 0 Å². The lowest BCUT2D eigenvalue weighted by atomic mass is 9.79. The van der Waals surface area contributed by atoms with Gasteiger partial charge in [-0.25, -0.2) is 4.39 Å². The van der Waals surface area contributed by atoms with E-state index in [-0.39, 0.29) is 11.6 Å². The summed E-state index contributed by atoms with van der Waals surface area (Å²) in [4.78, 5) is 13.5. The van der Waals surface area contributed by atoms with E-state index in [0.717, 1.165) is 14.2 Å². The molecule has 100 valence electrons. The molecule has 0 saturated heterocycles. The number of Topliss-reactive ketones (excluding diaryl/α,β-unsaturated/α-hetero) is 1. The first-order valence-electron chi connectivity index (χ1n) is 5.93. The molecule has 0 N–H and O–H groups in total. The minimum Gasteiger partial charge on any atom is -0.298 e. The quantitative estimate of drug-likeness (QED) is 0.785. The van der Waals surface area contributed by atoms with Crippen LogP contribution >= 0.6 is 27.3 Å². The van der Waals surface area contributed by atoms with Gasteiger partial charge in [-0.05, 0) is 59.6 Å². The molecule has 0 radical (unpaired) electrons. The van der Waals surface area contributed by atoms with Crippen LogP contribution in [0.25, 0.3) is 0 Å². The number of halogens is 2. The van der Waals surface area contributed by atoms with E-state index in [1.165, 1.54) is 12.1 Å². The molecule has 0 unspecified atom stereocenters. The summed E-state index contributed by atoms with van der Waals surface area (Å²) in [7, 11) is 0. The molecule has 0 saturated carbocycles. The predicted molar refractivity (Wildman–Crippen MR) is 80.2 cm³/mol. The number of benzene rings is 1. The number of carbonyl (C=O) groups is 1. The molecule has 1 heterocycles. The molecule has 0 aliphatic carbocycles. The highest BCUT2D eigenvalue weighted by Gasteiger charge is 2.29. The van der Waals surface area contributed by atoms with Gasteiger partial charge in [0.15, 0.2) is 0 Å². The summed E-state index contributed by atoms with van der Waals surface area (Å²) in [5.74, 6) is -0.150. The lowest BCUT2D eigenvalue weighted by Gasteiger charge is -2.23. The van der Waals surface area contributed by atoms with Crippen molar-refractivity contribution in [3.05, 3.63) is 56.4 Å². The molecule has 0 aliphatic heterocycles. The van der Waals surface area contributed by atoms with Gasteiger partial charge in [-0.15, -0.1) is 11.3 Å². The van der Waals surface area contributed by atoms with Crippen molar-refractivity contribution >= 4 is 33.0 Å². The minimum atomic E-state index is -0.607. The molecule has 19 heavy (non-hydrogen) atoms. The molecule has 1 aromatic carbocycles. The van der Waals surface area contributed by atoms with E-state index in [0.29, 0.717) is 6.42 Å². The number of rotatable bonds is 4. The second kappa shape index (κ2) is 5.55. The van der Waals surface area contributed by atoms with Crippen molar-refractivity contribution in [2.45, 2.75) is 25.7 Å². The molecule has 2 rings (SSSR count). The van der Waals surface area contributed by atoms with Gasteiger partial charge in [0.1, 0.15) is 11.6 Å². The van der Waals surface area contributed by atoms with Crippen molar-refractivity contribution < 1.29 is 9.18 Å². The van der Waals surface area contributed by atoms with E-state index in [1.54, 1.807) is 23.5 Å². The third-order valence-electron chi connectivity index (χ3n) is 3.23. The molecular formula is C15H14BrFOS. The van der Waals surface area contributed by atoms with Gasteiger partial charge in [-0.1, -0.05) is 12.1 Å². The number of hydrogen-bond acceptors (Lipinski definition) is 2. The molecule has 0 atom stereocenters. The molecule has 0 fully saturated rings. The summed E-state index contributed by atoms with van der Waals surface area (Å²) >= 11 is 4.96. The monoisotopic (exact) mass is 340 g/mol. The third-order valence-corrected chi connectivity index (χ3v) is 4.85. The van der Waals surface area contributed by atoms with Crippen molar-refractivity contribution in [1.82, 2.24) is 0 Å². The fourth-order valence-electron chi connectivity index (χ4n) is 1.85. The largest absolute Gasteiger partial charge is 0.298 e. The standard InChI is InChI=1S/C15H14BrFOS/c1-15(2,10-3-5-11(17)6-4-10)13(18)9-12-7-8-14(16)19-12/h3-8H,9H2,1-2H3. The van der Waals surface area contributed by atoms with Crippen molar-refractivity contribution in [2.24, 2.45) is 0 Å². The summed E-state index contributed by atoms with van der Waals surface area (Å²) in [5, 5.41) is 0. The smallest absolute Gasteiger partial charge is 0.148 e. The fourth-order valence-corrected chi connectivity index (χ4v) is 3.34. The van der Waals surface area contributed by atoms with Crippen LogP contribution in [0.4, 0.5) is 4.39 Å². The highest BCUT2D eigenvalue weighted by molar-refractivity contribution is 9.11. The van der Waals surface area contributed by atoms with Gasteiger partial charge < -0.3 is 0 Å². The maximum Gasteiger partial charge on any atom is 0.148 e. The van der Waals surface area contributed by atoms with Crippen LogP contribution in [0.1, 0.15) is 24.3 Å². The first-order valence-corrected chi connectivity index (χ1v) is 7.54. The van der Waals surface area contributed by atoms with E-state index in [1.807, 2.05) is 26.0 Å². The Labute approximate surface area is 124 Å². The van der Waals surface area contributed by atoms with Crippen LogP contribution in [-0.4, -0.2) is 5.78 Å². The topological polar surface area (TPSA) is 17.1 Å². The normalized spacial score (nSPS) is 11.6. The molecule has 0 spiro atoms. The van der Waals surface area contributed by atoms with E-state index >= 15 is 0 Å². The maximum atomic E-state index is 12.9. The number of ketones is 1. The van der Waals surface area contributed by atoms with Crippen LogP contribution in [0.5, 0.6) is 0 Å². The molecular weight excluding hydrogens is 327 g/mol. The minimum absolute atomic E-state index is 0.133. The molecule has 2 aromatic rings. The van der Waals surface area contributed by atoms with Crippen molar-refractivity contribution in [3.63, 3.8) is 0 Å². The van der Waals surface area contributed by atoms with Crippen LogP contribution in [0.15, 0.2) is 40.2 Å². The molecule has 0 bridgehead atoms. The number of thiophene rings is 1. The zero-order valence-electron chi connectivity index (χ0n) is 10.7. The van der Waals surface area contributed by atoms with Crippen molar-refractivity contribution in [2.75, 3.05) is 0 Å². The van der Waals surface area contributed by atoms with Gasteiger partial charge in [0.25, 0.3) is 0 Å². The molecule has 1 nitrogen and oxygen atoms in total. The summed E-state index contributed by atoms with van der Waals surface area (Å²) in [6.07, 6.45) is 0.403. The predicted octanol–water partition coefficient (Wildman–Crippen LogP) is 4.74. The fraction of sp³-hybridized carbons (Fsp3) is 0.267. The Balaban J connectivity index is 2.19. The second-order valence-corrected chi connectivity index (χ2v) is 7.49. The van der Waals surface area contributed by atoms with Gasteiger partial charge >= 0.3 is 0 Å². The third kappa shape index (κ3) is 3.31. The Morgan fingerprint density at radius 2 is 1.84 bits per heavy atom. The Morgan fingerprint density at radius 3 is 2.37 bits per heavy atom. The zero-order valence-corrected chi connectivity index (χ0v) is 13.1. The Kier molecular flexibility index (Phi) is 4.21. The van der Waals surface area contributed by atoms with Crippen LogP contribution in [0, 0.1) is 5.82 Å². The van der Waals surface area contributed by atoms with Crippen LogP contribution in [0.3, 0.4) is 0 Å². The zero-order chi connectivity index (χ0) is 14.0. The Hall–Kier alpha value is -1.00. The van der Waals surface area contributed by atoms with E-state index in [2.05, 4.69) is 15.9 Å². The first-order chi connectivity index (χ1) is 8.89. The lowest BCUT2D eigenvalue weighted by Crippen LogP contribution is -2.30. The molecule has 0 amide bonds. The van der Waals surface area contributed by atoms with E-state index in [4.69, 9.17) is 0 Å². The maximum absolute atomic E-state index is 12.9. The lowest BCUT2D eigenvalue weighted by molar-refractivity contribution is -0.122. The summed E-state index contributed by atoms with van der Waals surface area (Å²) < 4.78 is 14.0. The average Bonchev–Trinajstić information content (AvgIpc) is 2.75. The van der Waals surface area contributed by atoms with Gasteiger partial charge in [0, 0.05) is 16.7 Å². The first kappa shape index (κ1) is 14.4. The summed E-state index contributed by atoms with van der Waals surface area (Å²) in [6, 6.07) is 10.0. The van der Waals surface area contributed by atoms with Crippen molar-refractivity contribution in [3.8, 4) is 0 Å². The Bertz CT molecular complexity index is 586. The Morgan fingerprint density at radius 1 is 1.21 bits per heavy atom. The highest BCUT2D eigenvalue weighted by atomic mass is 79.9. The summed E-state index contributed by atoms with van der Waals surface area (Å²) in [5.41, 5.74) is 0.235. The molecule has 4 heteroatoms. The van der Waals surface area contributed by atoms with Crippen LogP contribution in [0.2, 0.25) is 0 Å². The van der Waals surface area contributed by atoms with Crippen molar-refractivity contribution in [1.29, 1.82) is 0 Å². The highest BCUT2D eigenvalue weighted by Crippen LogP contribution is 2.29. The van der Waals surface area contributed by atoms with Gasteiger partial charge in [-0.3, -0.25) is 4.79 Å². The number of hydrogen-bond donors (Lipinski definition) is 0. The number of carbonyl (C=O) groups excluding carboxylic acids is 1. The van der Waals surface area contributed by atoms with E-state index < -0.39 is 5.41 Å². The van der Waals surface area contributed by atoms with Crippen LogP contribution < -0.4 is 0 Å². The van der Waals surface area contributed by atoms with E-state index in [9.17, 15) is 9.18 Å².